The molecule has 4 N–H and O–H groups in total. The van der Waals surface area contributed by atoms with Crippen LogP contribution in [0.2, 0.25) is 0 Å². The first-order valence-corrected chi connectivity index (χ1v) is 7.35. The van der Waals surface area contributed by atoms with Crippen LogP contribution in [0.5, 0.6) is 0 Å². The second-order valence-electron chi connectivity index (χ2n) is 5.09. The number of hydrogen-bond donors (Lipinski definition) is 3. The molecular formula is C16H15F3N4O4. The van der Waals surface area contributed by atoms with E-state index >= 15 is 0 Å². The SMILES string of the molecule is CC(OC(=O)C(F)(F)F)=C(C#N)CC(=O)Nc1ccc(NC(=O)CN)cc1. The molecule has 2 amide bonds. The van der Waals surface area contributed by atoms with Gasteiger partial charge in [-0.05, 0) is 31.2 Å². The van der Waals surface area contributed by atoms with E-state index in [9.17, 15) is 27.6 Å². The van der Waals surface area contributed by atoms with Crippen LogP contribution in [0, 0.1) is 11.3 Å². The third kappa shape index (κ3) is 7.17. The molecule has 1 aromatic carbocycles. The molecule has 0 aliphatic rings. The van der Waals surface area contributed by atoms with Gasteiger partial charge in [-0.15, -0.1) is 0 Å². The van der Waals surface area contributed by atoms with Gasteiger partial charge in [-0.25, -0.2) is 4.79 Å². The molecule has 27 heavy (non-hydrogen) atoms. The Balaban J connectivity index is 2.74. The van der Waals surface area contributed by atoms with Crippen molar-refractivity contribution in [2.75, 3.05) is 17.2 Å². The largest absolute Gasteiger partial charge is 0.491 e. The number of amides is 2. The highest BCUT2D eigenvalue weighted by atomic mass is 19.4. The summed E-state index contributed by atoms with van der Waals surface area (Å²) in [5.74, 6) is -4.22. The van der Waals surface area contributed by atoms with E-state index in [-0.39, 0.29) is 6.54 Å². The third-order valence-electron chi connectivity index (χ3n) is 3.01. The van der Waals surface area contributed by atoms with Gasteiger partial charge in [0.1, 0.15) is 5.76 Å². The Kier molecular flexibility index (Phi) is 7.50. The summed E-state index contributed by atoms with van der Waals surface area (Å²) in [7, 11) is 0. The van der Waals surface area contributed by atoms with Gasteiger partial charge in [-0.2, -0.15) is 18.4 Å². The number of carbonyl (C=O) groups is 3. The molecule has 0 bridgehead atoms. The molecule has 0 atom stereocenters. The summed E-state index contributed by atoms with van der Waals surface area (Å²) in [5.41, 5.74) is 5.48. The van der Waals surface area contributed by atoms with Gasteiger partial charge in [0, 0.05) is 11.4 Å². The number of alkyl halides is 3. The smallest absolute Gasteiger partial charge is 0.424 e. The van der Waals surface area contributed by atoms with Crippen LogP contribution in [0.25, 0.3) is 0 Å². The number of nitriles is 1. The lowest BCUT2D eigenvalue weighted by Crippen LogP contribution is -2.25. The van der Waals surface area contributed by atoms with Crippen LogP contribution in [0.3, 0.4) is 0 Å². The summed E-state index contributed by atoms with van der Waals surface area (Å²) < 4.78 is 40.6. The van der Waals surface area contributed by atoms with Gasteiger partial charge >= 0.3 is 12.1 Å². The summed E-state index contributed by atoms with van der Waals surface area (Å²) >= 11 is 0. The molecule has 144 valence electrons. The molecule has 8 nitrogen and oxygen atoms in total. The Labute approximate surface area is 151 Å². The highest BCUT2D eigenvalue weighted by molar-refractivity contribution is 5.94. The van der Waals surface area contributed by atoms with Gasteiger partial charge in [0.05, 0.1) is 24.6 Å². The average molecular weight is 384 g/mol. The Hall–Kier alpha value is -3.39. The van der Waals surface area contributed by atoms with Gasteiger partial charge in [0.2, 0.25) is 11.8 Å². The van der Waals surface area contributed by atoms with Crippen LogP contribution in [0.15, 0.2) is 35.6 Å². The zero-order valence-electron chi connectivity index (χ0n) is 14.0. The van der Waals surface area contributed by atoms with Crippen LogP contribution < -0.4 is 16.4 Å². The van der Waals surface area contributed by atoms with Crippen molar-refractivity contribution in [3.8, 4) is 6.07 Å². The summed E-state index contributed by atoms with van der Waals surface area (Å²) in [6.45, 7) is 0.782. The van der Waals surface area contributed by atoms with Gasteiger partial charge in [-0.1, -0.05) is 0 Å². The molecule has 0 unspecified atom stereocenters. The van der Waals surface area contributed by atoms with Crippen LogP contribution >= 0.6 is 0 Å². The maximum atomic E-state index is 12.2. The van der Waals surface area contributed by atoms with E-state index in [0.29, 0.717) is 11.4 Å². The standard InChI is InChI=1S/C16H15F3N4O4/c1-9(27-15(26)16(17,18)19)10(7-20)6-13(24)22-11-2-4-12(5-3-11)23-14(25)8-21/h2-5H,6,8,21H2,1H3,(H,22,24)(H,23,25). The van der Waals surface area contributed by atoms with Crippen molar-refractivity contribution in [3.05, 3.63) is 35.6 Å². The number of anilines is 2. The lowest BCUT2D eigenvalue weighted by atomic mass is 10.1. The van der Waals surface area contributed by atoms with Gasteiger partial charge < -0.3 is 21.1 Å². The minimum absolute atomic E-state index is 0.194. The van der Waals surface area contributed by atoms with Gasteiger partial charge in [-0.3, -0.25) is 9.59 Å². The maximum Gasteiger partial charge on any atom is 0.491 e. The molecule has 0 fully saturated rings. The van der Waals surface area contributed by atoms with Crippen molar-refractivity contribution in [2.24, 2.45) is 5.73 Å². The number of carbonyl (C=O) groups excluding carboxylic acids is 3. The van der Waals surface area contributed by atoms with Crippen molar-refractivity contribution in [1.82, 2.24) is 0 Å². The fourth-order valence-electron chi connectivity index (χ4n) is 1.72. The van der Waals surface area contributed by atoms with E-state index in [1.54, 1.807) is 0 Å². The fourth-order valence-corrected chi connectivity index (χ4v) is 1.72. The predicted molar refractivity (Wildman–Crippen MR) is 87.8 cm³/mol. The number of allylic oxidation sites excluding steroid dienone is 1. The zero-order chi connectivity index (χ0) is 20.6. The molecule has 0 spiro atoms. The average Bonchev–Trinajstić information content (AvgIpc) is 2.60. The first kappa shape index (κ1) is 21.7. The molecule has 0 saturated heterocycles. The quantitative estimate of drug-likeness (QED) is 0.389. The number of hydrogen-bond acceptors (Lipinski definition) is 6. The maximum absolute atomic E-state index is 12.2. The molecule has 0 aliphatic heterocycles. The number of halogens is 3. The zero-order valence-corrected chi connectivity index (χ0v) is 14.0. The van der Waals surface area contributed by atoms with E-state index in [1.807, 2.05) is 0 Å². The molecule has 11 heteroatoms. The van der Waals surface area contributed by atoms with Crippen LogP contribution in [-0.2, 0) is 19.1 Å². The number of esters is 1. The number of benzene rings is 1. The van der Waals surface area contributed by atoms with Gasteiger partial charge in [0.25, 0.3) is 0 Å². The molecule has 0 saturated carbocycles. The highest BCUT2D eigenvalue weighted by Crippen LogP contribution is 2.21. The molecule has 0 radical (unpaired) electrons. The van der Waals surface area contributed by atoms with E-state index in [0.717, 1.165) is 6.92 Å². The number of nitrogens with zero attached hydrogens (tertiary/aromatic N) is 1. The van der Waals surface area contributed by atoms with Crippen molar-refractivity contribution < 1.29 is 32.3 Å². The van der Waals surface area contributed by atoms with Crippen molar-refractivity contribution in [1.29, 1.82) is 5.26 Å². The summed E-state index contributed by atoms with van der Waals surface area (Å²) in [4.78, 5) is 33.9. The van der Waals surface area contributed by atoms with Crippen LogP contribution in [-0.4, -0.2) is 30.5 Å². The molecule has 0 aliphatic carbocycles. The lowest BCUT2D eigenvalue weighted by molar-refractivity contribution is -0.195. The fraction of sp³-hybridized carbons (Fsp3) is 0.250. The second-order valence-corrected chi connectivity index (χ2v) is 5.09. The number of nitrogens with two attached hydrogens (primary N) is 1. The Morgan fingerprint density at radius 3 is 2.00 bits per heavy atom. The topological polar surface area (TPSA) is 134 Å². The first-order chi connectivity index (χ1) is 12.6. The van der Waals surface area contributed by atoms with E-state index in [1.165, 1.54) is 30.3 Å². The highest BCUT2D eigenvalue weighted by Gasteiger charge is 2.41. The number of rotatable bonds is 6. The van der Waals surface area contributed by atoms with Crippen molar-refractivity contribution in [2.45, 2.75) is 19.5 Å². The molecular weight excluding hydrogens is 369 g/mol. The monoisotopic (exact) mass is 384 g/mol. The molecule has 1 aromatic rings. The summed E-state index contributed by atoms with van der Waals surface area (Å²) in [5, 5.41) is 13.9. The minimum Gasteiger partial charge on any atom is -0.424 e. The lowest BCUT2D eigenvalue weighted by Gasteiger charge is -2.10. The van der Waals surface area contributed by atoms with E-state index in [2.05, 4.69) is 15.4 Å². The van der Waals surface area contributed by atoms with E-state index < -0.39 is 41.7 Å². The third-order valence-corrected chi connectivity index (χ3v) is 3.01. The van der Waals surface area contributed by atoms with E-state index in [4.69, 9.17) is 11.0 Å². The van der Waals surface area contributed by atoms with Crippen LogP contribution in [0.1, 0.15) is 13.3 Å². The number of nitrogens with one attached hydrogen (secondary N) is 2. The van der Waals surface area contributed by atoms with Crippen molar-refractivity contribution in [3.63, 3.8) is 0 Å². The Bertz CT molecular complexity index is 795. The van der Waals surface area contributed by atoms with Crippen molar-refractivity contribution >= 4 is 29.2 Å². The number of ether oxygens (including phenoxy) is 1. The minimum atomic E-state index is -5.22. The molecule has 0 aromatic heterocycles. The second kappa shape index (κ2) is 9.35. The normalized spacial score (nSPS) is 11.7. The molecule has 1 rings (SSSR count). The first-order valence-electron chi connectivity index (χ1n) is 7.35. The summed E-state index contributed by atoms with van der Waals surface area (Å²) in [6.07, 6.45) is -5.82. The molecule has 0 heterocycles. The summed E-state index contributed by atoms with van der Waals surface area (Å²) in [6, 6.07) is 7.41. The Morgan fingerprint density at radius 1 is 1.11 bits per heavy atom. The van der Waals surface area contributed by atoms with Crippen LogP contribution in [0.4, 0.5) is 24.5 Å². The Morgan fingerprint density at radius 2 is 1.59 bits per heavy atom. The van der Waals surface area contributed by atoms with Gasteiger partial charge in [0.15, 0.2) is 0 Å². The predicted octanol–water partition coefficient (Wildman–Crippen LogP) is 1.82.